The molecule has 0 unspecified atom stereocenters. The van der Waals surface area contributed by atoms with E-state index in [4.69, 9.17) is 0 Å². The first-order chi connectivity index (χ1) is 11.9. The van der Waals surface area contributed by atoms with E-state index in [1.54, 1.807) is 0 Å². The molecular formula is C25H26. The summed E-state index contributed by atoms with van der Waals surface area (Å²) in [5.74, 6) is 0. The molecule has 0 fully saturated rings. The van der Waals surface area contributed by atoms with Crippen LogP contribution in [0.25, 0.3) is 28.5 Å². The molecule has 0 radical (unpaired) electrons. The summed E-state index contributed by atoms with van der Waals surface area (Å²) in [6, 6.07) is 15.4. The van der Waals surface area contributed by atoms with Crippen LogP contribution in [0.3, 0.4) is 0 Å². The Kier molecular flexibility index (Phi) is 4.63. The lowest BCUT2D eigenvalue weighted by molar-refractivity contribution is 1.25. The molecule has 0 aromatic heterocycles. The molecule has 0 nitrogen and oxygen atoms in total. The van der Waals surface area contributed by atoms with Crippen molar-refractivity contribution < 1.29 is 0 Å². The first-order valence-corrected chi connectivity index (χ1v) is 8.83. The standard InChI is InChI=1S/C25H26/c1-7-21-8-10-22(11-9-21)14-16(2)23-12-13-24-19(5)17(3)18(4)20(6)25(24)15-23/h7-15H,1H2,2-6H3. The first kappa shape index (κ1) is 17.2. The minimum Gasteiger partial charge on any atom is -0.0985 e. The Hall–Kier alpha value is -2.60. The average molecular weight is 326 g/mol. The van der Waals surface area contributed by atoms with E-state index in [0.29, 0.717) is 0 Å². The van der Waals surface area contributed by atoms with Crippen molar-refractivity contribution in [3.63, 3.8) is 0 Å². The Morgan fingerprint density at radius 2 is 1.28 bits per heavy atom. The van der Waals surface area contributed by atoms with E-state index in [0.717, 1.165) is 5.56 Å². The third kappa shape index (κ3) is 3.17. The number of benzene rings is 3. The van der Waals surface area contributed by atoms with Gasteiger partial charge in [-0.2, -0.15) is 0 Å². The molecule has 25 heavy (non-hydrogen) atoms. The monoisotopic (exact) mass is 326 g/mol. The second-order valence-corrected chi connectivity index (χ2v) is 6.96. The topological polar surface area (TPSA) is 0 Å². The third-order valence-corrected chi connectivity index (χ3v) is 5.53. The van der Waals surface area contributed by atoms with Gasteiger partial charge in [0.2, 0.25) is 0 Å². The normalized spacial score (nSPS) is 11.8. The summed E-state index contributed by atoms with van der Waals surface area (Å²) in [6.07, 6.45) is 4.12. The summed E-state index contributed by atoms with van der Waals surface area (Å²) in [6.45, 7) is 14.9. The van der Waals surface area contributed by atoms with Crippen LogP contribution < -0.4 is 0 Å². The van der Waals surface area contributed by atoms with Crippen LogP contribution in [0.2, 0.25) is 0 Å². The van der Waals surface area contributed by atoms with Gasteiger partial charge in [0.1, 0.15) is 0 Å². The van der Waals surface area contributed by atoms with Crippen LogP contribution >= 0.6 is 0 Å². The highest BCUT2D eigenvalue weighted by Crippen LogP contribution is 2.31. The lowest BCUT2D eigenvalue weighted by atomic mass is 9.90. The number of aryl methyl sites for hydroxylation is 2. The van der Waals surface area contributed by atoms with E-state index >= 15 is 0 Å². The number of fused-ring (bicyclic) bond motifs is 1. The summed E-state index contributed by atoms with van der Waals surface area (Å²) in [5.41, 5.74) is 10.5. The average Bonchev–Trinajstić information content (AvgIpc) is 2.64. The minimum atomic E-state index is 1.15. The zero-order valence-corrected chi connectivity index (χ0v) is 15.9. The van der Waals surface area contributed by atoms with Gasteiger partial charge < -0.3 is 0 Å². The van der Waals surface area contributed by atoms with Gasteiger partial charge in [-0.3, -0.25) is 0 Å². The van der Waals surface area contributed by atoms with Crippen LogP contribution in [-0.4, -0.2) is 0 Å². The molecule has 0 bridgehead atoms. The molecule has 3 aromatic rings. The zero-order valence-electron chi connectivity index (χ0n) is 15.9. The van der Waals surface area contributed by atoms with Gasteiger partial charge in [0.25, 0.3) is 0 Å². The smallest absolute Gasteiger partial charge is 0.0143 e. The molecule has 0 aliphatic heterocycles. The molecule has 0 saturated carbocycles. The van der Waals surface area contributed by atoms with Crippen molar-refractivity contribution in [1.29, 1.82) is 0 Å². The second kappa shape index (κ2) is 6.72. The van der Waals surface area contributed by atoms with Gasteiger partial charge in [0.15, 0.2) is 0 Å². The first-order valence-electron chi connectivity index (χ1n) is 8.83. The highest BCUT2D eigenvalue weighted by molar-refractivity contribution is 5.94. The Balaban J connectivity index is 2.09. The van der Waals surface area contributed by atoms with Gasteiger partial charge in [0, 0.05) is 0 Å². The quantitative estimate of drug-likeness (QED) is 0.444. The molecule has 0 atom stereocenters. The Morgan fingerprint density at radius 3 is 1.88 bits per heavy atom. The highest BCUT2D eigenvalue weighted by atomic mass is 14.1. The molecule has 0 spiro atoms. The van der Waals surface area contributed by atoms with Crippen LogP contribution in [0.4, 0.5) is 0 Å². The summed E-state index contributed by atoms with van der Waals surface area (Å²) < 4.78 is 0. The molecule has 0 N–H and O–H groups in total. The fraction of sp³-hybridized carbons (Fsp3) is 0.200. The van der Waals surface area contributed by atoms with Gasteiger partial charge >= 0.3 is 0 Å². The Labute approximate surface area is 151 Å². The molecule has 0 heterocycles. The van der Waals surface area contributed by atoms with Crippen LogP contribution in [0.1, 0.15) is 45.9 Å². The van der Waals surface area contributed by atoms with Crippen LogP contribution in [-0.2, 0) is 0 Å². The molecule has 0 amide bonds. The molecule has 0 heteroatoms. The molecule has 3 aromatic carbocycles. The van der Waals surface area contributed by atoms with Crippen molar-refractivity contribution in [3.05, 3.63) is 88.0 Å². The number of rotatable bonds is 3. The van der Waals surface area contributed by atoms with Gasteiger partial charge in [-0.15, -0.1) is 0 Å². The Bertz CT molecular complexity index is 983. The van der Waals surface area contributed by atoms with Crippen molar-refractivity contribution in [2.75, 3.05) is 0 Å². The molecule has 126 valence electrons. The van der Waals surface area contributed by atoms with Crippen molar-refractivity contribution in [2.45, 2.75) is 34.6 Å². The zero-order chi connectivity index (χ0) is 18.1. The van der Waals surface area contributed by atoms with Gasteiger partial charge in [0.05, 0.1) is 0 Å². The van der Waals surface area contributed by atoms with Crippen molar-refractivity contribution in [3.8, 4) is 0 Å². The summed E-state index contributed by atoms with van der Waals surface area (Å²) in [5, 5.41) is 2.74. The van der Waals surface area contributed by atoms with Crippen molar-refractivity contribution in [2.24, 2.45) is 0 Å². The number of hydrogen-bond donors (Lipinski definition) is 0. The predicted octanol–water partition coefficient (Wildman–Crippen LogP) is 7.28. The molecular weight excluding hydrogens is 300 g/mol. The molecule has 0 aliphatic rings. The number of hydrogen-bond acceptors (Lipinski definition) is 0. The van der Waals surface area contributed by atoms with E-state index in [1.165, 1.54) is 49.7 Å². The maximum Gasteiger partial charge on any atom is -0.0143 e. The molecule has 3 rings (SSSR count). The van der Waals surface area contributed by atoms with Crippen molar-refractivity contribution >= 4 is 28.5 Å². The van der Waals surface area contributed by atoms with E-state index in [1.807, 2.05) is 6.08 Å². The largest absolute Gasteiger partial charge is 0.0985 e. The fourth-order valence-corrected chi connectivity index (χ4v) is 3.45. The van der Waals surface area contributed by atoms with Crippen LogP contribution in [0.5, 0.6) is 0 Å². The van der Waals surface area contributed by atoms with Gasteiger partial charge in [-0.05, 0) is 96.0 Å². The Morgan fingerprint density at radius 1 is 0.720 bits per heavy atom. The van der Waals surface area contributed by atoms with E-state index < -0.39 is 0 Å². The maximum atomic E-state index is 3.81. The summed E-state index contributed by atoms with van der Waals surface area (Å²) in [7, 11) is 0. The lowest BCUT2D eigenvalue weighted by Crippen LogP contribution is -1.94. The summed E-state index contributed by atoms with van der Waals surface area (Å²) >= 11 is 0. The summed E-state index contributed by atoms with van der Waals surface area (Å²) in [4.78, 5) is 0. The van der Waals surface area contributed by atoms with E-state index in [9.17, 15) is 0 Å². The van der Waals surface area contributed by atoms with Gasteiger partial charge in [-0.25, -0.2) is 0 Å². The van der Waals surface area contributed by atoms with Crippen LogP contribution in [0, 0.1) is 27.7 Å². The third-order valence-electron chi connectivity index (χ3n) is 5.53. The predicted molar refractivity (Wildman–Crippen MR) is 113 cm³/mol. The molecule has 0 saturated heterocycles. The van der Waals surface area contributed by atoms with Gasteiger partial charge in [-0.1, -0.05) is 55.1 Å². The second-order valence-electron chi connectivity index (χ2n) is 6.96. The van der Waals surface area contributed by atoms with Crippen molar-refractivity contribution in [1.82, 2.24) is 0 Å². The van der Waals surface area contributed by atoms with E-state index in [-0.39, 0.29) is 0 Å². The van der Waals surface area contributed by atoms with E-state index in [2.05, 4.69) is 89.7 Å². The fourth-order valence-electron chi connectivity index (χ4n) is 3.45. The highest BCUT2D eigenvalue weighted by Gasteiger charge is 2.10. The SMILES string of the molecule is C=Cc1ccc(C=C(C)c2ccc3c(C)c(C)c(C)c(C)c3c2)cc1. The maximum absolute atomic E-state index is 3.81. The number of allylic oxidation sites excluding steroid dienone is 1. The van der Waals surface area contributed by atoms with Crippen LogP contribution in [0.15, 0.2) is 49.0 Å². The molecule has 0 aliphatic carbocycles. The lowest BCUT2D eigenvalue weighted by Gasteiger charge is -2.15. The minimum absolute atomic E-state index is 1.15.